The lowest BCUT2D eigenvalue weighted by atomic mass is 9.94. The lowest BCUT2D eigenvalue weighted by molar-refractivity contribution is 0.237. The van der Waals surface area contributed by atoms with Crippen LogP contribution in [0.4, 0.5) is 0 Å². The van der Waals surface area contributed by atoms with E-state index in [0.29, 0.717) is 0 Å². The molecule has 120 valence electrons. The summed E-state index contributed by atoms with van der Waals surface area (Å²) in [6, 6.07) is 13.6. The predicted octanol–water partition coefficient (Wildman–Crippen LogP) is 4.32. The number of thioether (sulfide) groups is 1. The first-order valence-corrected chi connectivity index (χ1v) is 8.55. The lowest BCUT2D eigenvalue weighted by Gasteiger charge is -2.18. The molecular formula is C19H20O3S. The van der Waals surface area contributed by atoms with Crippen molar-refractivity contribution in [1.29, 1.82) is 0 Å². The normalized spacial score (nSPS) is 15.2. The number of rotatable bonds is 4. The average molecular weight is 328 g/mol. The van der Waals surface area contributed by atoms with Gasteiger partial charge in [0.1, 0.15) is 17.6 Å². The molecule has 0 bridgehead atoms. The number of methoxy groups -OCH3 is 2. The van der Waals surface area contributed by atoms with Gasteiger partial charge < -0.3 is 14.6 Å². The summed E-state index contributed by atoms with van der Waals surface area (Å²) in [7, 11) is 3.31. The van der Waals surface area contributed by atoms with Crippen LogP contribution in [0.3, 0.4) is 0 Å². The quantitative estimate of drug-likeness (QED) is 0.907. The summed E-state index contributed by atoms with van der Waals surface area (Å²) in [6.07, 6.45) is 2.39. The second-order valence-electron chi connectivity index (χ2n) is 5.34. The van der Waals surface area contributed by atoms with E-state index in [0.717, 1.165) is 45.3 Å². The Hall–Kier alpha value is -1.91. The number of hydrogen-bond donors (Lipinski definition) is 1. The van der Waals surface area contributed by atoms with Gasteiger partial charge >= 0.3 is 0 Å². The summed E-state index contributed by atoms with van der Waals surface area (Å²) in [5.74, 6) is 2.59. The summed E-state index contributed by atoms with van der Waals surface area (Å²) < 4.78 is 10.6. The van der Waals surface area contributed by atoms with Gasteiger partial charge in [0, 0.05) is 10.6 Å². The van der Waals surface area contributed by atoms with Crippen LogP contribution >= 0.6 is 11.8 Å². The zero-order valence-corrected chi connectivity index (χ0v) is 14.1. The number of aliphatic hydroxyl groups is 1. The Balaban J connectivity index is 2.00. The summed E-state index contributed by atoms with van der Waals surface area (Å²) in [6.45, 7) is 0. The van der Waals surface area contributed by atoms with E-state index in [9.17, 15) is 5.11 Å². The molecule has 3 nitrogen and oxygen atoms in total. The number of allylic oxidation sites excluding steroid dienone is 1. The molecule has 0 spiro atoms. The number of ether oxygens (including phenoxy) is 2. The number of hydrogen-bond acceptors (Lipinski definition) is 4. The molecule has 0 radical (unpaired) electrons. The second kappa shape index (κ2) is 7.11. The van der Waals surface area contributed by atoms with Gasteiger partial charge in [-0.3, -0.25) is 0 Å². The van der Waals surface area contributed by atoms with Crippen LogP contribution in [0.1, 0.15) is 23.7 Å². The molecule has 1 aliphatic heterocycles. The SMILES string of the molecule is COc1cccc(C(O)C2=CCCSc3cc(OC)ccc32)c1. The maximum atomic E-state index is 10.9. The molecule has 1 atom stereocenters. The maximum Gasteiger partial charge on any atom is 0.120 e. The Morgan fingerprint density at radius 2 is 1.83 bits per heavy atom. The van der Waals surface area contributed by atoms with Crippen LogP contribution in [0, 0.1) is 0 Å². The molecule has 2 aromatic rings. The monoisotopic (exact) mass is 328 g/mol. The van der Waals surface area contributed by atoms with Crippen molar-refractivity contribution in [1.82, 2.24) is 0 Å². The first-order chi connectivity index (χ1) is 11.2. The molecule has 4 heteroatoms. The molecule has 0 saturated heterocycles. The zero-order chi connectivity index (χ0) is 16.2. The van der Waals surface area contributed by atoms with E-state index < -0.39 is 6.10 Å². The Labute approximate surface area is 140 Å². The van der Waals surface area contributed by atoms with Gasteiger partial charge in [0.2, 0.25) is 0 Å². The van der Waals surface area contributed by atoms with Gasteiger partial charge in [-0.15, -0.1) is 11.8 Å². The third kappa shape index (κ3) is 3.38. The molecule has 1 heterocycles. The average Bonchev–Trinajstić information content (AvgIpc) is 2.82. The van der Waals surface area contributed by atoms with Crippen molar-refractivity contribution < 1.29 is 14.6 Å². The first-order valence-electron chi connectivity index (χ1n) is 7.56. The number of benzene rings is 2. The fourth-order valence-corrected chi connectivity index (χ4v) is 3.73. The van der Waals surface area contributed by atoms with Gasteiger partial charge in [-0.05, 0) is 53.5 Å². The van der Waals surface area contributed by atoms with E-state index in [1.54, 1.807) is 26.0 Å². The smallest absolute Gasteiger partial charge is 0.120 e. The van der Waals surface area contributed by atoms with E-state index in [-0.39, 0.29) is 0 Å². The highest BCUT2D eigenvalue weighted by atomic mass is 32.2. The molecule has 0 aliphatic carbocycles. The van der Waals surface area contributed by atoms with E-state index in [1.807, 2.05) is 42.5 Å². The highest BCUT2D eigenvalue weighted by molar-refractivity contribution is 7.99. The fourth-order valence-electron chi connectivity index (χ4n) is 2.73. The van der Waals surface area contributed by atoms with E-state index in [1.165, 1.54) is 0 Å². The van der Waals surface area contributed by atoms with Crippen LogP contribution < -0.4 is 9.47 Å². The third-order valence-corrected chi connectivity index (χ3v) is 5.03. The van der Waals surface area contributed by atoms with Gasteiger partial charge in [0.25, 0.3) is 0 Å². The topological polar surface area (TPSA) is 38.7 Å². The van der Waals surface area contributed by atoms with Gasteiger partial charge in [-0.25, -0.2) is 0 Å². The molecule has 0 aromatic heterocycles. The molecule has 0 fully saturated rings. The Bertz CT molecular complexity index is 724. The van der Waals surface area contributed by atoms with Crippen LogP contribution in [-0.4, -0.2) is 25.1 Å². The zero-order valence-electron chi connectivity index (χ0n) is 13.3. The summed E-state index contributed by atoms with van der Waals surface area (Å²) >= 11 is 1.80. The molecule has 0 saturated carbocycles. The van der Waals surface area contributed by atoms with Gasteiger partial charge in [-0.1, -0.05) is 18.2 Å². The van der Waals surface area contributed by atoms with E-state index >= 15 is 0 Å². The van der Waals surface area contributed by atoms with Crippen molar-refractivity contribution in [3.8, 4) is 11.5 Å². The van der Waals surface area contributed by atoms with Crippen LogP contribution in [0.5, 0.6) is 11.5 Å². The van der Waals surface area contributed by atoms with Crippen LogP contribution in [0.2, 0.25) is 0 Å². The first kappa shape index (κ1) is 16.0. The predicted molar refractivity (Wildman–Crippen MR) is 94.3 cm³/mol. The molecule has 3 rings (SSSR count). The van der Waals surface area contributed by atoms with Crippen LogP contribution in [-0.2, 0) is 0 Å². The summed E-state index contributed by atoms with van der Waals surface area (Å²) in [4.78, 5) is 1.15. The van der Waals surface area contributed by atoms with Crippen molar-refractivity contribution in [3.63, 3.8) is 0 Å². The summed E-state index contributed by atoms with van der Waals surface area (Å²) in [5.41, 5.74) is 2.86. The third-order valence-electron chi connectivity index (χ3n) is 3.94. The molecule has 23 heavy (non-hydrogen) atoms. The summed E-state index contributed by atoms with van der Waals surface area (Å²) in [5, 5.41) is 10.9. The van der Waals surface area contributed by atoms with Gasteiger partial charge in [-0.2, -0.15) is 0 Å². The van der Waals surface area contributed by atoms with E-state index in [2.05, 4.69) is 6.08 Å². The Morgan fingerprint density at radius 1 is 1.04 bits per heavy atom. The van der Waals surface area contributed by atoms with Gasteiger partial charge in [0.05, 0.1) is 14.2 Å². The highest BCUT2D eigenvalue weighted by Crippen LogP contribution is 2.40. The van der Waals surface area contributed by atoms with Crippen molar-refractivity contribution in [2.75, 3.05) is 20.0 Å². The Kier molecular flexibility index (Phi) is 4.94. The molecule has 1 N–H and O–H groups in total. The maximum absolute atomic E-state index is 10.9. The standard InChI is InChI=1S/C19H20O3S/c1-21-14-6-3-5-13(11-14)19(20)17-7-4-10-23-18-12-15(22-2)8-9-16(17)18/h3,5-9,11-12,19-20H,4,10H2,1-2H3. The van der Waals surface area contributed by atoms with Crippen molar-refractivity contribution in [2.45, 2.75) is 17.4 Å². The number of fused-ring (bicyclic) bond motifs is 1. The Morgan fingerprint density at radius 3 is 2.61 bits per heavy atom. The largest absolute Gasteiger partial charge is 0.497 e. The molecule has 1 aliphatic rings. The highest BCUT2D eigenvalue weighted by Gasteiger charge is 2.21. The molecule has 1 unspecified atom stereocenters. The minimum Gasteiger partial charge on any atom is -0.497 e. The minimum atomic E-state index is -0.670. The second-order valence-corrected chi connectivity index (χ2v) is 6.47. The molecular weight excluding hydrogens is 308 g/mol. The van der Waals surface area contributed by atoms with Crippen molar-refractivity contribution in [3.05, 3.63) is 59.7 Å². The van der Waals surface area contributed by atoms with Gasteiger partial charge in [0.15, 0.2) is 0 Å². The van der Waals surface area contributed by atoms with Crippen LogP contribution in [0.25, 0.3) is 5.57 Å². The number of aliphatic hydroxyl groups excluding tert-OH is 1. The molecule has 2 aromatic carbocycles. The molecule has 0 amide bonds. The van der Waals surface area contributed by atoms with E-state index in [4.69, 9.17) is 9.47 Å². The fraction of sp³-hybridized carbons (Fsp3) is 0.263. The van der Waals surface area contributed by atoms with Crippen LogP contribution in [0.15, 0.2) is 53.4 Å². The van der Waals surface area contributed by atoms with Crippen molar-refractivity contribution in [2.24, 2.45) is 0 Å². The van der Waals surface area contributed by atoms with Crippen molar-refractivity contribution >= 4 is 17.3 Å². The minimum absolute atomic E-state index is 0.670. The lowest BCUT2D eigenvalue weighted by Crippen LogP contribution is -2.02.